The zero-order chi connectivity index (χ0) is 15.1. The Bertz CT molecular complexity index is 499. The van der Waals surface area contributed by atoms with Crippen molar-refractivity contribution in [3.63, 3.8) is 0 Å². The smallest absolute Gasteiger partial charge is 0.272 e. The fraction of sp³-hybridized carbons (Fsp3) is 0.533. The van der Waals surface area contributed by atoms with Crippen molar-refractivity contribution in [2.75, 3.05) is 26.2 Å². The summed E-state index contributed by atoms with van der Waals surface area (Å²) >= 11 is 0. The molecule has 1 N–H and O–H groups in total. The molecule has 6 nitrogen and oxygen atoms in total. The van der Waals surface area contributed by atoms with Crippen LogP contribution in [0.4, 0.5) is 5.69 Å². The lowest BCUT2D eigenvalue weighted by atomic mass is 10.1. The van der Waals surface area contributed by atoms with E-state index < -0.39 is 0 Å². The molecular weight excluding hydrogens is 270 g/mol. The number of carbonyl (C=O) groups is 1. The van der Waals surface area contributed by atoms with Gasteiger partial charge in [0.15, 0.2) is 0 Å². The van der Waals surface area contributed by atoms with Crippen molar-refractivity contribution >= 4 is 11.6 Å². The summed E-state index contributed by atoms with van der Waals surface area (Å²) in [5.74, 6) is 0.122. The van der Waals surface area contributed by atoms with Gasteiger partial charge in [0.2, 0.25) is 5.91 Å². The molecule has 0 atom stereocenters. The normalized spacial score (nSPS) is 15.0. The summed E-state index contributed by atoms with van der Waals surface area (Å²) in [6.45, 7) is 2.57. The first kappa shape index (κ1) is 15.4. The number of hydrogen-bond acceptors (Lipinski definition) is 4. The van der Waals surface area contributed by atoms with Gasteiger partial charge in [-0.2, -0.15) is 0 Å². The summed E-state index contributed by atoms with van der Waals surface area (Å²) in [4.78, 5) is 24.4. The summed E-state index contributed by atoms with van der Waals surface area (Å²) in [5.41, 5.74) is 0.835. The molecule has 114 valence electrons. The number of carbonyl (C=O) groups excluding carboxylic acids is 1. The van der Waals surface area contributed by atoms with Crippen LogP contribution in [0.15, 0.2) is 24.3 Å². The van der Waals surface area contributed by atoms with Crippen LogP contribution in [0.2, 0.25) is 0 Å². The van der Waals surface area contributed by atoms with Crippen molar-refractivity contribution in [3.8, 4) is 0 Å². The molecular formula is C15H21N3O3. The predicted molar refractivity (Wildman–Crippen MR) is 80.1 cm³/mol. The maximum Gasteiger partial charge on any atom is 0.272 e. The van der Waals surface area contributed by atoms with Crippen LogP contribution >= 0.6 is 0 Å². The van der Waals surface area contributed by atoms with Crippen LogP contribution in [0, 0.1) is 10.1 Å². The number of hydrogen-bond donors (Lipinski definition) is 1. The Morgan fingerprint density at radius 1 is 1.24 bits per heavy atom. The van der Waals surface area contributed by atoms with Crippen molar-refractivity contribution in [1.29, 1.82) is 0 Å². The molecule has 0 aliphatic carbocycles. The maximum absolute atomic E-state index is 11.9. The largest absolute Gasteiger partial charge is 0.342 e. The van der Waals surface area contributed by atoms with Gasteiger partial charge < -0.3 is 10.2 Å². The average molecular weight is 291 g/mol. The van der Waals surface area contributed by atoms with Crippen LogP contribution < -0.4 is 5.32 Å². The molecule has 6 heteroatoms. The van der Waals surface area contributed by atoms with E-state index in [4.69, 9.17) is 0 Å². The Morgan fingerprint density at radius 3 is 2.67 bits per heavy atom. The van der Waals surface area contributed by atoms with Gasteiger partial charge in [-0.15, -0.1) is 0 Å². The number of para-hydroxylation sites is 1. The van der Waals surface area contributed by atoms with E-state index >= 15 is 0 Å². The molecule has 1 amide bonds. The minimum atomic E-state index is -0.367. The van der Waals surface area contributed by atoms with E-state index in [1.54, 1.807) is 18.2 Å². The Morgan fingerprint density at radius 2 is 1.95 bits per heavy atom. The number of amides is 1. The molecule has 0 radical (unpaired) electrons. The molecule has 1 aliphatic rings. The summed E-state index contributed by atoms with van der Waals surface area (Å²) < 4.78 is 0. The van der Waals surface area contributed by atoms with Gasteiger partial charge in [-0.1, -0.05) is 18.2 Å². The number of piperidine rings is 1. The molecule has 1 heterocycles. The first-order chi connectivity index (χ1) is 10.2. The number of likely N-dealkylation sites (tertiary alicyclic amines) is 1. The molecule has 0 bridgehead atoms. The predicted octanol–water partition coefficient (Wildman–Crippen LogP) is 1.74. The molecule has 1 aromatic carbocycles. The highest BCUT2D eigenvalue weighted by molar-refractivity contribution is 5.78. The second-order valence-corrected chi connectivity index (χ2v) is 5.25. The highest BCUT2D eigenvalue weighted by atomic mass is 16.6. The number of nitrogens with zero attached hydrogens (tertiary/aromatic N) is 2. The average Bonchev–Trinajstić information content (AvgIpc) is 2.52. The Hall–Kier alpha value is -1.95. The van der Waals surface area contributed by atoms with Crippen molar-refractivity contribution in [1.82, 2.24) is 10.2 Å². The van der Waals surface area contributed by atoms with E-state index in [0.717, 1.165) is 25.9 Å². The third kappa shape index (κ3) is 4.53. The molecule has 1 saturated heterocycles. The first-order valence-electron chi connectivity index (χ1n) is 7.39. The van der Waals surface area contributed by atoms with E-state index in [2.05, 4.69) is 5.32 Å². The second kappa shape index (κ2) is 7.73. The number of nitro groups is 1. The minimum absolute atomic E-state index is 0.122. The van der Waals surface area contributed by atoms with Crippen LogP contribution in [-0.2, 0) is 11.2 Å². The Labute approximate surface area is 124 Å². The summed E-state index contributed by atoms with van der Waals surface area (Å²) in [7, 11) is 0. The molecule has 2 rings (SSSR count). The fourth-order valence-electron chi connectivity index (χ4n) is 2.57. The SMILES string of the molecule is O=C(CNCCc1ccccc1[N+](=O)[O-])N1CCCCC1. The van der Waals surface area contributed by atoms with E-state index in [0.29, 0.717) is 25.1 Å². The number of benzene rings is 1. The summed E-state index contributed by atoms with van der Waals surface area (Å²) in [6.07, 6.45) is 3.92. The van der Waals surface area contributed by atoms with Gasteiger partial charge in [-0.05, 0) is 32.2 Å². The third-order valence-corrected chi connectivity index (χ3v) is 3.74. The highest BCUT2D eigenvalue weighted by Crippen LogP contribution is 2.17. The molecule has 0 spiro atoms. The lowest BCUT2D eigenvalue weighted by Crippen LogP contribution is -2.41. The van der Waals surface area contributed by atoms with E-state index in [9.17, 15) is 14.9 Å². The molecule has 1 aliphatic heterocycles. The van der Waals surface area contributed by atoms with Gasteiger partial charge in [0, 0.05) is 24.7 Å². The minimum Gasteiger partial charge on any atom is -0.342 e. The lowest BCUT2D eigenvalue weighted by Gasteiger charge is -2.26. The Kier molecular flexibility index (Phi) is 5.68. The monoisotopic (exact) mass is 291 g/mol. The quantitative estimate of drug-likeness (QED) is 0.492. The molecule has 1 fully saturated rings. The van der Waals surface area contributed by atoms with Crippen LogP contribution in [0.5, 0.6) is 0 Å². The standard InChI is InChI=1S/C15H21N3O3/c19-15(17-10-4-1-5-11-17)12-16-9-8-13-6-2-3-7-14(13)18(20)21/h2-3,6-7,16H,1,4-5,8-12H2. The third-order valence-electron chi connectivity index (χ3n) is 3.74. The number of nitro benzene ring substituents is 1. The van der Waals surface area contributed by atoms with Crippen molar-refractivity contribution in [3.05, 3.63) is 39.9 Å². The van der Waals surface area contributed by atoms with Gasteiger partial charge in [0.1, 0.15) is 0 Å². The molecule has 1 aromatic rings. The van der Waals surface area contributed by atoms with Gasteiger partial charge >= 0.3 is 0 Å². The van der Waals surface area contributed by atoms with Crippen LogP contribution in [0.25, 0.3) is 0 Å². The lowest BCUT2D eigenvalue weighted by molar-refractivity contribution is -0.385. The molecule has 0 unspecified atom stereocenters. The number of rotatable bonds is 6. The van der Waals surface area contributed by atoms with Gasteiger partial charge in [0.05, 0.1) is 11.5 Å². The van der Waals surface area contributed by atoms with Crippen molar-refractivity contribution < 1.29 is 9.72 Å². The van der Waals surface area contributed by atoms with E-state index in [-0.39, 0.29) is 16.5 Å². The van der Waals surface area contributed by atoms with Crippen LogP contribution in [0.3, 0.4) is 0 Å². The van der Waals surface area contributed by atoms with Crippen molar-refractivity contribution in [2.45, 2.75) is 25.7 Å². The fourth-order valence-corrected chi connectivity index (χ4v) is 2.57. The van der Waals surface area contributed by atoms with Gasteiger partial charge in [-0.25, -0.2) is 0 Å². The summed E-state index contributed by atoms with van der Waals surface area (Å²) in [5, 5.41) is 14.0. The maximum atomic E-state index is 11.9. The van der Waals surface area contributed by atoms with Crippen LogP contribution in [0.1, 0.15) is 24.8 Å². The van der Waals surface area contributed by atoms with Gasteiger partial charge in [-0.3, -0.25) is 14.9 Å². The zero-order valence-electron chi connectivity index (χ0n) is 12.1. The summed E-state index contributed by atoms with van der Waals surface area (Å²) in [6, 6.07) is 6.72. The Balaban J connectivity index is 1.74. The molecule has 21 heavy (non-hydrogen) atoms. The molecule has 0 aromatic heterocycles. The number of nitrogens with one attached hydrogen (secondary N) is 1. The second-order valence-electron chi connectivity index (χ2n) is 5.25. The van der Waals surface area contributed by atoms with E-state index in [1.165, 1.54) is 12.5 Å². The van der Waals surface area contributed by atoms with E-state index in [1.807, 2.05) is 4.90 Å². The zero-order valence-corrected chi connectivity index (χ0v) is 12.1. The highest BCUT2D eigenvalue weighted by Gasteiger charge is 2.16. The molecule has 0 saturated carbocycles. The first-order valence-corrected chi connectivity index (χ1v) is 7.39. The van der Waals surface area contributed by atoms with Crippen LogP contribution in [-0.4, -0.2) is 41.9 Å². The topological polar surface area (TPSA) is 75.5 Å². The van der Waals surface area contributed by atoms with Crippen molar-refractivity contribution in [2.24, 2.45) is 0 Å². The van der Waals surface area contributed by atoms with Gasteiger partial charge in [0.25, 0.3) is 5.69 Å².